The van der Waals surface area contributed by atoms with Crippen LogP contribution >= 0.6 is 0 Å². The van der Waals surface area contributed by atoms with E-state index in [1.165, 1.54) is 44.7 Å². The van der Waals surface area contributed by atoms with Gasteiger partial charge in [0.25, 0.3) is 0 Å². The Bertz CT molecular complexity index is 1180. The van der Waals surface area contributed by atoms with Gasteiger partial charge in [-0.2, -0.15) is 0 Å². The molecule has 0 radical (unpaired) electrons. The van der Waals surface area contributed by atoms with Crippen molar-refractivity contribution in [2.24, 2.45) is 15.9 Å². The molecule has 224 valence electrons. The smallest absolute Gasteiger partial charge is 0.110 e. The first-order valence-corrected chi connectivity index (χ1v) is 16.1. The zero-order chi connectivity index (χ0) is 29.4. The van der Waals surface area contributed by atoms with Crippen LogP contribution in [0.4, 0.5) is 0 Å². The number of nitrogens with zero attached hydrogens (tertiary/aromatic N) is 3. The molecule has 2 N–H and O–H groups in total. The van der Waals surface area contributed by atoms with Gasteiger partial charge in [-0.15, -0.1) is 0 Å². The summed E-state index contributed by atoms with van der Waals surface area (Å²) in [5.41, 5.74) is 11.0. The lowest BCUT2D eigenvalue weighted by Gasteiger charge is -2.37. The van der Waals surface area contributed by atoms with Crippen molar-refractivity contribution < 1.29 is 10.2 Å². The van der Waals surface area contributed by atoms with E-state index in [4.69, 9.17) is 0 Å². The molecule has 5 heteroatoms. The molecule has 1 fully saturated rings. The molecule has 0 saturated carbocycles. The second kappa shape index (κ2) is 15.2. The molecule has 4 rings (SSSR count). The van der Waals surface area contributed by atoms with Gasteiger partial charge >= 0.3 is 0 Å². The summed E-state index contributed by atoms with van der Waals surface area (Å²) in [6.45, 7) is 13.9. The van der Waals surface area contributed by atoms with E-state index in [1.54, 1.807) is 6.34 Å². The molecule has 3 aliphatic rings. The Balaban J connectivity index is 1.68. The highest BCUT2D eigenvalue weighted by molar-refractivity contribution is 6.05. The fraction of sp³-hybridized carbons (Fsp3) is 0.611. The fourth-order valence-electron chi connectivity index (χ4n) is 7.08. The Kier molecular flexibility index (Phi) is 11.7. The van der Waals surface area contributed by atoms with Crippen LogP contribution in [0.15, 0.2) is 57.1 Å². The fourth-order valence-corrected chi connectivity index (χ4v) is 7.08. The number of benzene rings is 1. The number of hydrogen-bond acceptors (Lipinski definition) is 5. The van der Waals surface area contributed by atoms with E-state index in [0.29, 0.717) is 17.9 Å². The van der Waals surface area contributed by atoms with E-state index >= 15 is 0 Å². The second-order valence-electron chi connectivity index (χ2n) is 12.6. The maximum Gasteiger partial charge on any atom is 0.110 e. The minimum atomic E-state index is 0.184. The number of aryl methyl sites for hydroxylation is 1. The molecule has 2 aliphatic heterocycles. The third-order valence-electron chi connectivity index (χ3n) is 9.36. The predicted octanol–water partition coefficient (Wildman–Crippen LogP) is 7.43. The zero-order valence-electron chi connectivity index (χ0n) is 26.2. The summed E-state index contributed by atoms with van der Waals surface area (Å²) in [4.78, 5) is 11.8. The number of aliphatic hydroxyl groups is 2. The summed E-state index contributed by atoms with van der Waals surface area (Å²) in [5, 5.41) is 19.0. The van der Waals surface area contributed by atoms with Crippen LogP contribution in [-0.2, 0) is 0 Å². The summed E-state index contributed by atoms with van der Waals surface area (Å²) in [6, 6.07) is 7.84. The van der Waals surface area contributed by atoms with Gasteiger partial charge in [-0.1, -0.05) is 57.5 Å². The Hall–Kier alpha value is -2.34. The SMILES string of the molecule is CCCC(/C1=C/CCC2CC(=NC=N2)/C(C)=C\1)=C(\c1cc(C2CCN(C(CCO)CCO)CC2)ccc1C)C(C)C. The molecule has 0 spiro atoms. The summed E-state index contributed by atoms with van der Waals surface area (Å²) in [5.74, 6) is 0.952. The lowest BCUT2D eigenvalue weighted by Crippen LogP contribution is -2.42. The minimum absolute atomic E-state index is 0.184. The molecule has 1 atom stereocenters. The van der Waals surface area contributed by atoms with Gasteiger partial charge in [0, 0.05) is 31.4 Å². The Morgan fingerprint density at radius 2 is 1.78 bits per heavy atom. The third-order valence-corrected chi connectivity index (χ3v) is 9.36. The highest BCUT2D eigenvalue weighted by Crippen LogP contribution is 2.39. The van der Waals surface area contributed by atoms with Gasteiger partial charge in [-0.25, -0.2) is 4.99 Å². The normalized spacial score (nSPS) is 23.7. The number of aliphatic hydroxyl groups excluding tert-OH is 2. The summed E-state index contributed by atoms with van der Waals surface area (Å²) in [6.07, 6.45) is 15.6. The number of likely N-dealkylation sites (tertiary alicyclic amines) is 1. The van der Waals surface area contributed by atoms with Crippen molar-refractivity contribution in [3.63, 3.8) is 0 Å². The molecule has 41 heavy (non-hydrogen) atoms. The molecule has 1 aliphatic carbocycles. The largest absolute Gasteiger partial charge is 0.396 e. The molecular formula is C36H53N3O2. The minimum Gasteiger partial charge on any atom is -0.396 e. The van der Waals surface area contributed by atoms with Gasteiger partial charge in [-0.3, -0.25) is 4.99 Å². The number of fused-ring (bicyclic) bond motifs is 2. The lowest BCUT2D eigenvalue weighted by atomic mass is 9.80. The van der Waals surface area contributed by atoms with Crippen LogP contribution in [0.1, 0.15) is 108 Å². The summed E-state index contributed by atoms with van der Waals surface area (Å²) >= 11 is 0. The zero-order valence-corrected chi connectivity index (χ0v) is 26.2. The Morgan fingerprint density at radius 1 is 1.05 bits per heavy atom. The molecule has 1 saturated heterocycles. The van der Waals surface area contributed by atoms with Gasteiger partial charge in [0.1, 0.15) is 6.34 Å². The maximum atomic E-state index is 9.52. The van der Waals surface area contributed by atoms with Crippen molar-refractivity contribution in [2.75, 3.05) is 26.3 Å². The van der Waals surface area contributed by atoms with Crippen molar-refractivity contribution in [1.82, 2.24) is 4.90 Å². The Morgan fingerprint density at radius 3 is 2.44 bits per heavy atom. The van der Waals surface area contributed by atoms with Crippen LogP contribution in [0.3, 0.4) is 0 Å². The van der Waals surface area contributed by atoms with E-state index < -0.39 is 0 Å². The third kappa shape index (κ3) is 7.94. The van der Waals surface area contributed by atoms with Crippen LogP contribution in [0.25, 0.3) is 5.57 Å². The monoisotopic (exact) mass is 559 g/mol. The van der Waals surface area contributed by atoms with Gasteiger partial charge in [-0.05, 0) is 123 Å². The molecule has 2 heterocycles. The first-order chi connectivity index (χ1) is 19.9. The topological polar surface area (TPSA) is 68.4 Å². The first-order valence-electron chi connectivity index (χ1n) is 16.1. The molecule has 1 unspecified atom stereocenters. The maximum absolute atomic E-state index is 9.52. The molecular weight excluding hydrogens is 506 g/mol. The van der Waals surface area contributed by atoms with Crippen molar-refractivity contribution in [3.8, 4) is 0 Å². The Labute approximate surface area is 248 Å². The number of aliphatic imine (C=N–C) groups is 2. The van der Waals surface area contributed by atoms with E-state index in [0.717, 1.165) is 70.9 Å². The van der Waals surface area contributed by atoms with Crippen molar-refractivity contribution in [1.29, 1.82) is 0 Å². The van der Waals surface area contributed by atoms with Crippen molar-refractivity contribution >= 4 is 17.6 Å². The van der Waals surface area contributed by atoms with E-state index in [1.807, 2.05) is 0 Å². The number of rotatable bonds is 11. The summed E-state index contributed by atoms with van der Waals surface area (Å²) in [7, 11) is 0. The molecule has 1 aromatic carbocycles. The average molecular weight is 560 g/mol. The van der Waals surface area contributed by atoms with Crippen LogP contribution < -0.4 is 0 Å². The van der Waals surface area contributed by atoms with Gasteiger partial charge in [0.2, 0.25) is 0 Å². The quantitative estimate of drug-likeness (QED) is 0.296. The number of hydrogen-bond donors (Lipinski definition) is 2. The summed E-state index contributed by atoms with van der Waals surface area (Å²) < 4.78 is 0. The van der Waals surface area contributed by atoms with Crippen molar-refractivity contribution in [2.45, 2.75) is 110 Å². The van der Waals surface area contributed by atoms with Crippen molar-refractivity contribution in [3.05, 3.63) is 63.8 Å². The second-order valence-corrected chi connectivity index (χ2v) is 12.6. The predicted molar refractivity (Wildman–Crippen MR) is 174 cm³/mol. The molecule has 1 aromatic rings. The average Bonchev–Trinajstić information content (AvgIpc) is 3.01. The molecule has 0 amide bonds. The highest BCUT2D eigenvalue weighted by atomic mass is 16.3. The van der Waals surface area contributed by atoms with Crippen LogP contribution in [0.2, 0.25) is 0 Å². The van der Waals surface area contributed by atoms with Crippen LogP contribution in [0, 0.1) is 12.8 Å². The van der Waals surface area contributed by atoms with Gasteiger partial charge < -0.3 is 15.1 Å². The first kappa shape index (κ1) is 31.6. The van der Waals surface area contributed by atoms with E-state index in [-0.39, 0.29) is 19.3 Å². The molecule has 2 bridgehead atoms. The van der Waals surface area contributed by atoms with Gasteiger partial charge in [0.05, 0.1) is 6.04 Å². The number of piperidine rings is 1. The van der Waals surface area contributed by atoms with Crippen LogP contribution in [0.5, 0.6) is 0 Å². The van der Waals surface area contributed by atoms with E-state index in [9.17, 15) is 10.2 Å². The van der Waals surface area contributed by atoms with E-state index in [2.05, 4.69) is 79.9 Å². The molecule has 0 aromatic heterocycles. The van der Waals surface area contributed by atoms with Crippen LogP contribution in [-0.4, -0.2) is 65.6 Å². The standard InChI is InChI=1S/C36H53N3O2/c1-6-8-33(30-9-7-10-31-23-35(27(5)21-30)38-24-37-31)36(25(2)3)34-22-29(12-11-26(34)4)28-13-17-39(18-14-28)32(15-19-40)16-20-41/h9,11-12,21-22,24-25,28,31-32,40-41H,6-8,10,13-20,23H2,1-5H3/b27-21-,30-9+,36-33+. The molecule has 5 nitrogen and oxygen atoms in total. The number of allylic oxidation sites excluding steroid dienone is 6. The highest BCUT2D eigenvalue weighted by Gasteiger charge is 2.27. The lowest BCUT2D eigenvalue weighted by molar-refractivity contribution is 0.104. The van der Waals surface area contributed by atoms with Gasteiger partial charge in [0.15, 0.2) is 0 Å².